The Morgan fingerprint density at radius 2 is 2.05 bits per heavy atom. The molecule has 0 aromatic carbocycles. The number of likely N-dealkylation sites (tertiary alicyclic amines) is 1. The Labute approximate surface area is 120 Å². The van der Waals surface area contributed by atoms with Gasteiger partial charge in [0.25, 0.3) is 0 Å². The summed E-state index contributed by atoms with van der Waals surface area (Å²) in [5.74, 6) is -0.911. The van der Waals surface area contributed by atoms with Crippen LogP contribution in [0.15, 0.2) is 18.5 Å². The van der Waals surface area contributed by atoms with Crippen LogP contribution in [0, 0.1) is 5.92 Å². The normalized spacial score (nSPS) is 18.8. The van der Waals surface area contributed by atoms with Crippen LogP contribution in [0.3, 0.4) is 0 Å². The fourth-order valence-corrected chi connectivity index (χ4v) is 2.53. The van der Waals surface area contributed by atoms with Crippen LogP contribution in [0.5, 0.6) is 0 Å². The highest BCUT2D eigenvalue weighted by Crippen LogP contribution is 2.31. The van der Waals surface area contributed by atoms with Gasteiger partial charge in [-0.15, -0.1) is 0 Å². The Hall–Kier alpha value is -1.57. The van der Waals surface area contributed by atoms with Crippen molar-refractivity contribution < 1.29 is 23.1 Å². The third kappa shape index (κ3) is 4.20. The molecule has 0 bridgehead atoms. The van der Waals surface area contributed by atoms with E-state index in [1.807, 2.05) is 0 Å². The molecule has 1 aromatic rings. The molecule has 1 fully saturated rings. The van der Waals surface area contributed by atoms with Crippen molar-refractivity contribution in [2.24, 2.45) is 5.92 Å². The molecule has 5 nitrogen and oxygen atoms in total. The van der Waals surface area contributed by atoms with Crippen LogP contribution in [0.1, 0.15) is 19.3 Å². The molecule has 1 aliphatic rings. The highest BCUT2D eigenvalue weighted by molar-refractivity contribution is 5.76. The molecule has 1 amide bonds. The molecule has 21 heavy (non-hydrogen) atoms. The number of nitrogens with zero attached hydrogens (tertiary/aromatic N) is 3. The zero-order valence-corrected chi connectivity index (χ0v) is 11.5. The second-order valence-corrected chi connectivity index (χ2v) is 5.22. The minimum Gasteiger partial charge on any atom is -0.383 e. The molecule has 1 N–H and O–H groups in total. The average molecular weight is 305 g/mol. The Bertz CT molecular complexity index is 454. The second kappa shape index (κ2) is 6.46. The molecule has 1 aliphatic heterocycles. The number of aromatic nitrogens is 2. The molecule has 2 rings (SSSR count). The third-order valence-electron chi connectivity index (χ3n) is 3.79. The summed E-state index contributed by atoms with van der Waals surface area (Å²) < 4.78 is 38.9. The van der Waals surface area contributed by atoms with E-state index in [-0.39, 0.29) is 38.3 Å². The highest BCUT2D eigenvalue weighted by atomic mass is 19.4. The molecule has 0 spiro atoms. The third-order valence-corrected chi connectivity index (χ3v) is 3.79. The number of halogens is 3. The van der Waals surface area contributed by atoms with Gasteiger partial charge in [-0.1, -0.05) is 0 Å². The topological polar surface area (TPSA) is 58.4 Å². The first-order valence-corrected chi connectivity index (χ1v) is 6.88. The largest absolute Gasteiger partial charge is 0.414 e. The SMILES string of the molecule is O=C(CCn1cccn1)N1CCC(C(O)C(F)(F)F)CC1. The van der Waals surface area contributed by atoms with Crippen LogP contribution in [0.4, 0.5) is 13.2 Å². The standard InChI is InChI=1S/C13H18F3N3O2/c14-13(15,16)12(21)10-2-7-18(8-3-10)11(20)4-9-19-6-1-5-17-19/h1,5-6,10,12,21H,2-4,7-9H2. The molecule has 0 radical (unpaired) electrons. The van der Waals surface area contributed by atoms with Crippen LogP contribution < -0.4 is 0 Å². The smallest absolute Gasteiger partial charge is 0.383 e. The first kappa shape index (κ1) is 15.8. The lowest BCUT2D eigenvalue weighted by molar-refractivity contribution is -0.222. The molecule has 1 atom stereocenters. The monoisotopic (exact) mass is 305 g/mol. The van der Waals surface area contributed by atoms with Gasteiger partial charge in [0.05, 0.1) is 0 Å². The molecular formula is C13H18F3N3O2. The summed E-state index contributed by atoms with van der Waals surface area (Å²) in [6, 6.07) is 1.76. The van der Waals surface area contributed by atoms with Crippen LogP contribution in [-0.2, 0) is 11.3 Å². The maximum atomic E-state index is 12.4. The van der Waals surface area contributed by atoms with Gasteiger partial charge in [0, 0.05) is 38.4 Å². The van der Waals surface area contributed by atoms with Gasteiger partial charge >= 0.3 is 6.18 Å². The number of carbonyl (C=O) groups excluding carboxylic acids is 1. The Kier molecular flexibility index (Phi) is 4.87. The Morgan fingerprint density at radius 1 is 1.38 bits per heavy atom. The van der Waals surface area contributed by atoms with E-state index in [2.05, 4.69) is 5.10 Å². The van der Waals surface area contributed by atoms with E-state index in [0.29, 0.717) is 6.54 Å². The number of aliphatic hydroxyl groups is 1. The van der Waals surface area contributed by atoms with Crippen molar-refractivity contribution in [2.45, 2.75) is 38.1 Å². The number of aryl methyl sites for hydroxylation is 1. The van der Waals surface area contributed by atoms with Gasteiger partial charge in [-0.2, -0.15) is 18.3 Å². The number of rotatable bonds is 4. The van der Waals surface area contributed by atoms with Crippen molar-refractivity contribution in [1.29, 1.82) is 0 Å². The maximum absolute atomic E-state index is 12.4. The minimum atomic E-state index is -4.59. The summed E-state index contributed by atoms with van der Waals surface area (Å²) in [5, 5.41) is 13.2. The number of hydrogen-bond acceptors (Lipinski definition) is 3. The van der Waals surface area contributed by atoms with Gasteiger partial charge in [0.15, 0.2) is 6.10 Å². The van der Waals surface area contributed by atoms with E-state index in [0.717, 1.165) is 0 Å². The van der Waals surface area contributed by atoms with E-state index in [1.54, 1.807) is 28.0 Å². The van der Waals surface area contributed by atoms with E-state index in [9.17, 15) is 23.1 Å². The van der Waals surface area contributed by atoms with Crippen molar-refractivity contribution in [2.75, 3.05) is 13.1 Å². The fraction of sp³-hybridized carbons (Fsp3) is 0.692. The Morgan fingerprint density at radius 3 is 2.57 bits per heavy atom. The van der Waals surface area contributed by atoms with Gasteiger partial charge < -0.3 is 10.0 Å². The van der Waals surface area contributed by atoms with Crippen molar-refractivity contribution in [3.63, 3.8) is 0 Å². The number of aliphatic hydroxyl groups excluding tert-OH is 1. The zero-order chi connectivity index (χ0) is 15.5. The van der Waals surface area contributed by atoms with Gasteiger partial charge in [-0.3, -0.25) is 9.48 Å². The first-order valence-electron chi connectivity index (χ1n) is 6.88. The van der Waals surface area contributed by atoms with E-state index < -0.39 is 18.2 Å². The van der Waals surface area contributed by atoms with Crippen LogP contribution in [0.2, 0.25) is 0 Å². The van der Waals surface area contributed by atoms with Crippen molar-refractivity contribution in [3.05, 3.63) is 18.5 Å². The summed E-state index contributed by atoms with van der Waals surface area (Å²) >= 11 is 0. The van der Waals surface area contributed by atoms with Gasteiger partial charge in [0.1, 0.15) is 0 Å². The maximum Gasteiger partial charge on any atom is 0.414 e. The molecule has 1 saturated heterocycles. The summed E-state index contributed by atoms with van der Waals surface area (Å²) in [6.45, 7) is 0.975. The van der Waals surface area contributed by atoms with Crippen molar-refractivity contribution in [1.82, 2.24) is 14.7 Å². The molecule has 118 valence electrons. The summed E-state index contributed by atoms with van der Waals surface area (Å²) in [6.07, 6.45) is -2.89. The summed E-state index contributed by atoms with van der Waals surface area (Å²) in [5.41, 5.74) is 0. The number of piperidine rings is 1. The van der Waals surface area contributed by atoms with Crippen LogP contribution >= 0.6 is 0 Å². The first-order chi connectivity index (χ1) is 9.88. The van der Waals surface area contributed by atoms with Crippen LogP contribution in [0.25, 0.3) is 0 Å². The fourth-order valence-electron chi connectivity index (χ4n) is 2.53. The van der Waals surface area contributed by atoms with Crippen molar-refractivity contribution >= 4 is 5.91 Å². The Balaban J connectivity index is 1.77. The zero-order valence-electron chi connectivity index (χ0n) is 11.5. The average Bonchev–Trinajstić information content (AvgIpc) is 2.96. The number of alkyl halides is 3. The van der Waals surface area contributed by atoms with E-state index >= 15 is 0 Å². The lowest BCUT2D eigenvalue weighted by Gasteiger charge is -2.34. The second-order valence-electron chi connectivity index (χ2n) is 5.22. The molecule has 8 heteroatoms. The molecular weight excluding hydrogens is 287 g/mol. The molecule has 2 heterocycles. The predicted molar refractivity (Wildman–Crippen MR) is 68.2 cm³/mol. The summed E-state index contributed by atoms with van der Waals surface area (Å²) in [7, 11) is 0. The van der Waals surface area contributed by atoms with Gasteiger partial charge in [-0.05, 0) is 24.8 Å². The lowest BCUT2D eigenvalue weighted by Crippen LogP contribution is -2.45. The summed E-state index contributed by atoms with van der Waals surface area (Å²) in [4.78, 5) is 13.5. The quantitative estimate of drug-likeness (QED) is 0.915. The van der Waals surface area contributed by atoms with Crippen molar-refractivity contribution in [3.8, 4) is 0 Å². The molecule has 1 unspecified atom stereocenters. The highest BCUT2D eigenvalue weighted by Gasteiger charge is 2.44. The molecule has 0 saturated carbocycles. The van der Waals surface area contributed by atoms with Gasteiger partial charge in [0.2, 0.25) is 5.91 Å². The van der Waals surface area contributed by atoms with Crippen LogP contribution in [-0.4, -0.2) is 51.1 Å². The van der Waals surface area contributed by atoms with Gasteiger partial charge in [-0.25, -0.2) is 0 Å². The predicted octanol–water partition coefficient (Wildman–Crippen LogP) is 1.44. The number of hydrogen-bond donors (Lipinski definition) is 1. The molecule has 0 aliphatic carbocycles. The molecule has 1 aromatic heterocycles. The number of amides is 1. The van der Waals surface area contributed by atoms with E-state index in [1.165, 1.54) is 0 Å². The minimum absolute atomic E-state index is 0.0922. The van der Waals surface area contributed by atoms with E-state index in [4.69, 9.17) is 0 Å². The lowest BCUT2D eigenvalue weighted by atomic mass is 9.91. The number of carbonyl (C=O) groups is 1.